The van der Waals surface area contributed by atoms with Gasteiger partial charge in [0.2, 0.25) is 0 Å². The number of aromatic nitrogens is 2. The zero-order chi connectivity index (χ0) is 12.4. The van der Waals surface area contributed by atoms with E-state index in [0.29, 0.717) is 6.54 Å². The Balaban J connectivity index is 2.16. The van der Waals surface area contributed by atoms with Crippen LogP contribution in [0.2, 0.25) is 0 Å². The summed E-state index contributed by atoms with van der Waals surface area (Å²) in [6, 6.07) is 1.94. The summed E-state index contributed by atoms with van der Waals surface area (Å²) >= 11 is 0. The van der Waals surface area contributed by atoms with Crippen molar-refractivity contribution in [3.8, 4) is 0 Å². The third-order valence-electron chi connectivity index (χ3n) is 3.33. The number of hydrogen-bond acceptors (Lipinski definition) is 4. The van der Waals surface area contributed by atoms with Gasteiger partial charge in [-0.2, -0.15) is 0 Å². The topological polar surface area (TPSA) is 66.3 Å². The molecule has 0 bridgehead atoms. The standard InChI is InChI=1S/C12H17N3O2/c1-3-9-4-11(14-7-13-9)15-5-8(2)10(6-15)12(16)17/h4,7-8,10H,3,5-6H2,1-2H3,(H,16,17). The van der Waals surface area contributed by atoms with Crippen molar-refractivity contribution in [3.63, 3.8) is 0 Å². The lowest BCUT2D eigenvalue weighted by atomic mass is 9.99. The molecule has 0 radical (unpaired) electrons. The molecule has 2 atom stereocenters. The minimum Gasteiger partial charge on any atom is -0.481 e. The van der Waals surface area contributed by atoms with E-state index in [1.165, 1.54) is 0 Å². The van der Waals surface area contributed by atoms with Crippen molar-refractivity contribution in [1.29, 1.82) is 0 Å². The molecule has 1 aromatic rings. The first-order valence-electron chi connectivity index (χ1n) is 5.90. The maximum Gasteiger partial charge on any atom is 0.308 e. The third kappa shape index (κ3) is 2.38. The SMILES string of the molecule is CCc1cc(N2CC(C)C(C(=O)O)C2)ncn1. The summed E-state index contributed by atoms with van der Waals surface area (Å²) in [5.74, 6) is -0.0141. The summed E-state index contributed by atoms with van der Waals surface area (Å²) in [5.41, 5.74) is 0.987. The predicted octanol–water partition coefficient (Wildman–Crippen LogP) is 1.20. The monoisotopic (exact) mass is 235 g/mol. The average Bonchev–Trinajstić information content (AvgIpc) is 2.71. The Morgan fingerprint density at radius 2 is 2.29 bits per heavy atom. The van der Waals surface area contributed by atoms with E-state index in [4.69, 9.17) is 5.11 Å². The van der Waals surface area contributed by atoms with Gasteiger partial charge in [-0.15, -0.1) is 0 Å². The predicted molar refractivity (Wildman–Crippen MR) is 63.9 cm³/mol. The van der Waals surface area contributed by atoms with Gasteiger partial charge >= 0.3 is 5.97 Å². The fourth-order valence-corrected chi connectivity index (χ4v) is 2.23. The zero-order valence-electron chi connectivity index (χ0n) is 10.1. The second kappa shape index (κ2) is 4.69. The van der Waals surface area contributed by atoms with Gasteiger partial charge in [-0.05, 0) is 12.3 Å². The molecule has 1 aliphatic rings. The van der Waals surface area contributed by atoms with Gasteiger partial charge in [-0.3, -0.25) is 4.79 Å². The van der Waals surface area contributed by atoms with Gasteiger partial charge in [0.15, 0.2) is 0 Å². The van der Waals surface area contributed by atoms with E-state index in [9.17, 15) is 4.79 Å². The van der Waals surface area contributed by atoms with Crippen LogP contribution in [0.4, 0.5) is 5.82 Å². The Bertz CT molecular complexity index is 422. The summed E-state index contributed by atoms with van der Waals surface area (Å²) in [6.07, 6.45) is 2.41. The van der Waals surface area contributed by atoms with E-state index in [-0.39, 0.29) is 11.8 Å². The third-order valence-corrected chi connectivity index (χ3v) is 3.33. The highest BCUT2D eigenvalue weighted by molar-refractivity contribution is 5.72. The summed E-state index contributed by atoms with van der Waals surface area (Å²) in [7, 11) is 0. The van der Waals surface area contributed by atoms with Crippen molar-refractivity contribution < 1.29 is 9.90 Å². The van der Waals surface area contributed by atoms with E-state index in [0.717, 1.165) is 24.5 Å². The number of carboxylic acids is 1. The molecule has 2 unspecified atom stereocenters. The summed E-state index contributed by atoms with van der Waals surface area (Å²) < 4.78 is 0. The number of hydrogen-bond donors (Lipinski definition) is 1. The molecule has 1 saturated heterocycles. The van der Waals surface area contributed by atoms with Gasteiger partial charge in [0.25, 0.3) is 0 Å². The van der Waals surface area contributed by atoms with Crippen LogP contribution in [0, 0.1) is 11.8 Å². The van der Waals surface area contributed by atoms with E-state index >= 15 is 0 Å². The molecule has 1 aliphatic heterocycles. The molecule has 1 fully saturated rings. The highest BCUT2D eigenvalue weighted by atomic mass is 16.4. The molecule has 0 aromatic carbocycles. The van der Waals surface area contributed by atoms with Crippen LogP contribution in [0.15, 0.2) is 12.4 Å². The normalized spacial score (nSPS) is 24.0. The molecule has 0 saturated carbocycles. The molecule has 92 valence electrons. The number of nitrogens with zero attached hydrogens (tertiary/aromatic N) is 3. The van der Waals surface area contributed by atoms with Crippen LogP contribution < -0.4 is 4.90 Å². The number of carboxylic acid groups (broad SMARTS) is 1. The van der Waals surface area contributed by atoms with Crippen molar-refractivity contribution >= 4 is 11.8 Å². The van der Waals surface area contributed by atoms with Gasteiger partial charge < -0.3 is 10.0 Å². The lowest BCUT2D eigenvalue weighted by molar-refractivity contribution is -0.142. The molecule has 2 heterocycles. The summed E-state index contributed by atoms with van der Waals surface area (Å²) in [4.78, 5) is 21.5. The molecular formula is C12H17N3O2. The first kappa shape index (κ1) is 11.8. The van der Waals surface area contributed by atoms with Crippen LogP contribution >= 0.6 is 0 Å². The minimum atomic E-state index is -0.718. The number of aliphatic carboxylic acids is 1. The van der Waals surface area contributed by atoms with E-state index in [1.54, 1.807) is 6.33 Å². The first-order chi connectivity index (χ1) is 8.11. The molecule has 17 heavy (non-hydrogen) atoms. The molecule has 0 amide bonds. The average molecular weight is 235 g/mol. The van der Waals surface area contributed by atoms with Crippen LogP contribution in [0.5, 0.6) is 0 Å². The fraction of sp³-hybridized carbons (Fsp3) is 0.583. The van der Waals surface area contributed by atoms with Gasteiger partial charge in [-0.1, -0.05) is 13.8 Å². The molecular weight excluding hydrogens is 218 g/mol. The van der Waals surface area contributed by atoms with E-state index in [1.807, 2.05) is 24.8 Å². The lowest BCUT2D eigenvalue weighted by Crippen LogP contribution is -2.23. The number of rotatable bonds is 3. The molecule has 1 N–H and O–H groups in total. The highest BCUT2D eigenvalue weighted by Gasteiger charge is 2.35. The van der Waals surface area contributed by atoms with Crippen molar-refractivity contribution in [2.45, 2.75) is 20.3 Å². The Morgan fingerprint density at radius 3 is 2.88 bits per heavy atom. The quantitative estimate of drug-likeness (QED) is 0.852. The maximum atomic E-state index is 11.1. The Morgan fingerprint density at radius 1 is 1.53 bits per heavy atom. The van der Waals surface area contributed by atoms with E-state index in [2.05, 4.69) is 9.97 Å². The molecule has 0 spiro atoms. The second-order valence-electron chi connectivity index (χ2n) is 4.55. The van der Waals surface area contributed by atoms with Crippen molar-refractivity contribution in [1.82, 2.24) is 9.97 Å². The number of carbonyl (C=O) groups is 1. The van der Waals surface area contributed by atoms with Crippen LogP contribution in [0.25, 0.3) is 0 Å². The summed E-state index contributed by atoms with van der Waals surface area (Å²) in [6.45, 7) is 5.30. The van der Waals surface area contributed by atoms with Crippen LogP contribution in [-0.4, -0.2) is 34.1 Å². The Hall–Kier alpha value is -1.65. The Kier molecular flexibility index (Phi) is 3.26. The largest absolute Gasteiger partial charge is 0.481 e. The molecule has 1 aromatic heterocycles. The summed E-state index contributed by atoms with van der Waals surface area (Å²) in [5, 5.41) is 9.09. The van der Waals surface area contributed by atoms with Crippen LogP contribution in [0.1, 0.15) is 19.5 Å². The fourth-order valence-electron chi connectivity index (χ4n) is 2.23. The molecule has 2 rings (SSSR count). The highest BCUT2D eigenvalue weighted by Crippen LogP contribution is 2.27. The minimum absolute atomic E-state index is 0.160. The van der Waals surface area contributed by atoms with Crippen molar-refractivity contribution in [3.05, 3.63) is 18.1 Å². The van der Waals surface area contributed by atoms with Gasteiger partial charge in [0.05, 0.1) is 5.92 Å². The number of anilines is 1. The van der Waals surface area contributed by atoms with Gasteiger partial charge in [0.1, 0.15) is 12.1 Å². The van der Waals surface area contributed by atoms with Crippen LogP contribution in [0.3, 0.4) is 0 Å². The lowest BCUT2D eigenvalue weighted by Gasteiger charge is -2.16. The van der Waals surface area contributed by atoms with Gasteiger partial charge in [-0.25, -0.2) is 9.97 Å². The Labute approximate surface area is 100 Å². The molecule has 5 heteroatoms. The van der Waals surface area contributed by atoms with Gasteiger partial charge in [0, 0.05) is 24.8 Å². The zero-order valence-corrected chi connectivity index (χ0v) is 10.1. The number of aryl methyl sites for hydroxylation is 1. The first-order valence-corrected chi connectivity index (χ1v) is 5.90. The van der Waals surface area contributed by atoms with Crippen LogP contribution in [-0.2, 0) is 11.2 Å². The second-order valence-corrected chi connectivity index (χ2v) is 4.55. The smallest absolute Gasteiger partial charge is 0.308 e. The maximum absolute atomic E-state index is 11.1. The molecule has 0 aliphatic carbocycles. The van der Waals surface area contributed by atoms with Crippen molar-refractivity contribution in [2.24, 2.45) is 11.8 Å². The van der Waals surface area contributed by atoms with Crippen molar-refractivity contribution in [2.75, 3.05) is 18.0 Å². The van der Waals surface area contributed by atoms with E-state index < -0.39 is 5.97 Å². The molecule has 5 nitrogen and oxygen atoms in total.